The monoisotopic (exact) mass is 624 g/mol. The van der Waals surface area contributed by atoms with Gasteiger partial charge in [-0.15, -0.1) is 5.10 Å². The molecule has 0 saturated heterocycles. The van der Waals surface area contributed by atoms with E-state index < -0.39 is 40.9 Å². The number of rotatable bonds is 6. The van der Waals surface area contributed by atoms with Crippen molar-refractivity contribution >= 4 is 39.2 Å². The van der Waals surface area contributed by atoms with Crippen molar-refractivity contribution in [1.29, 1.82) is 0 Å². The maximum absolute atomic E-state index is 14.5. The molecule has 3 aromatic carbocycles. The Labute approximate surface area is 248 Å². The minimum Gasteiger partial charge on any atom is -0.497 e. The lowest BCUT2D eigenvalue weighted by atomic mass is 10.1. The molecule has 0 aliphatic heterocycles. The zero-order chi connectivity index (χ0) is 32.1. The molecule has 0 radical (unpaired) electrons. The molecule has 9 nitrogen and oxygen atoms in total. The van der Waals surface area contributed by atoms with E-state index in [9.17, 15) is 35.9 Å². The fourth-order valence-corrected chi connectivity index (χ4v) is 5.18. The molecule has 228 valence electrons. The highest BCUT2D eigenvalue weighted by atomic mass is 19.4. The van der Waals surface area contributed by atoms with Crippen LogP contribution < -0.4 is 15.4 Å². The van der Waals surface area contributed by atoms with E-state index in [4.69, 9.17) is 4.74 Å². The number of ether oxygens (including phenoxy) is 1. The minimum atomic E-state index is -5.12. The van der Waals surface area contributed by atoms with Crippen LogP contribution in [0.3, 0.4) is 0 Å². The molecule has 0 fully saturated rings. The Morgan fingerprint density at radius 3 is 2.36 bits per heavy atom. The van der Waals surface area contributed by atoms with Crippen LogP contribution in [-0.2, 0) is 23.7 Å². The molecule has 0 aliphatic rings. The third-order valence-electron chi connectivity index (χ3n) is 7.12. The van der Waals surface area contributed by atoms with E-state index in [1.807, 2.05) is 23.4 Å². The molecular weight excluding hydrogens is 606 g/mol. The Bertz CT molecular complexity index is 2160. The SMILES string of the molecule is COc1ccc(Cn2c(=C=O)c3cccc4c(-n5ncc(C(=O)Nc6cnnc(C(F)(F)F)c6)c5C(F)(F)F)ccc2c43)cc1. The second-order valence-corrected chi connectivity index (χ2v) is 9.81. The number of anilines is 1. The molecule has 3 heterocycles. The van der Waals surface area contributed by atoms with E-state index in [0.717, 1.165) is 11.8 Å². The molecule has 1 amide bonds. The van der Waals surface area contributed by atoms with Gasteiger partial charge in [0.15, 0.2) is 17.3 Å². The largest absolute Gasteiger partial charge is 0.497 e. The third-order valence-corrected chi connectivity index (χ3v) is 7.12. The van der Waals surface area contributed by atoms with E-state index in [0.29, 0.717) is 44.4 Å². The van der Waals surface area contributed by atoms with Crippen LogP contribution in [0.25, 0.3) is 27.4 Å². The first-order chi connectivity index (χ1) is 21.4. The number of hydrogen-bond donors (Lipinski definition) is 1. The summed E-state index contributed by atoms with van der Waals surface area (Å²) in [5.74, 6) is 1.22. The normalized spacial score (nSPS) is 12.1. The highest BCUT2D eigenvalue weighted by Gasteiger charge is 2.41. The highest BCUT2D eigenvalue weighted by Crippen LogP contribution is 2.37. The quantitative estimate of drug-likeness (QED) is 0.251. The Balaban J connectivity index is 1.46. The van der Waals surface area contributed by atoms with Crippen LogP contribution in [0.4, 0.5) is 32.0 Å². The molecule has 45 heavy (non-hydrogen) atoms. The molecule has 6 rings (SSSR count). The summed E-state index contributed by atoms with van der Waals surface area (Å²) in [7, 11) is 1.53. The van der Waals surface area contributed by atoms with Gasteiger partial charge in [-0.3, -0.25) is 4.79 Å². The number of carbonyl (C=O) groups excluding carboxylic acids is 2. The van der Waals surface area contributed by atoms with E-state index in [1.165, 1.54) is 19.2 Å². The number of nitrogens with zero attached hydrogens (tertiary/aromatic N) is 5. The van der Waals surface area contributed by atoms with Gasteiger partial charge in [-0.2, -0.15) is 36.5 Å². The molecule has 0 unspecified atom stereocenters. The predicted molar refractivity (Wildman–Crippen MR) is 149 cm³/mol. The summed E-state index contributed by atoms with van der Waals surface area (Å²) in [6.45, 7) is 0.248. The van der Waals surface area contributed by atoms with Crippen LogP contribution in [0.1, 0.15) is 27.3 Å². The van der Waals surface area contributed by atoms with Crippen molar-refractivity contribution in [3.05, 3.63) is 101 Å². The fourth-order valence-electron chi connectivity index (χ4n) is 5.18. The number of carbonyl (C=O) groups is 1. The lowest BCUT2D eigenvalue weighted by molar-refractivity contribution is -0.143. The van der Waals surface area contributed by atoms with Gasteiger partial charge in [-0.1, -0.05) is 30.3 Å². The Morgan fingerprint density at radius 1 is 0.956 bits per heavy atom. The van der Waals surface area contributed by atoms with E-state index >= 15 is 0 Å². The van der Waals surface area contributed by atoms with Gasteiger partial charge in [0.05, 0.1) is 42.0 Å². The lowest BCUT2D eigenvalue weighted by Crippen LogP contribution is -2.21. The zero-order valence-corrected chi connectivity index (χ0v) is 22.9. The fraction of sp³-hybridized carbons (Fsp3) is 0.133. The summed E-state index contributed by atoms with van der Waals surface area (Å²) in [6, 6.07) is 15.3. The van der Waals surface area contributed by atoms with Crippen molar-refractivity contribution in [2.24, 2.45) is 0 Å². The van der Waals surface area contributed by atoms with Gasteiger partial charge >= 0.3 is 12.4 Å². The number of hydrogen-bond acceptors (Lipinski definition) is 6. The lowest BCUT2D eigenvalue weighted by Gasteiger charge is -2.15. The van der Waals surface area contributed by atoms with Crippen LogP contribution in [0.2, 0.25) is 0 Å². The number of nitrogens with one attached hydrogen (secondary N) is 1. The average Bonchev–Trinajstić information content (AvgIpc) is 3.59. The topological polar surface area (TPSA) is 104 Å². The van der Waals surface area contributed by atoms with Gasteiger partial charge in [0.25, 0.3) is 5.91 Å². The van der Waals surface area contributed by atoms with Gasteiger partial charge in [0.2, 0.25) is 0 Å². The Kier molecular flexibility index (Phi) is 7.04. The summed E-state index contributed by atoms with van der Waals surface area (Å²) >= 11 is 0. The molecule has 0 spiro atoms. The van der Waals surface area contributed by atoms with Crippen LogP contribution in [0.5, 0.6) is 5.75 Å². The molecule has 6 aromatic rings. The number of halogens is 6. The predicted octanol–water partition coefficient (Wildman–Crippen LogP) is 5.34. The number of methoxy groups -OCH3 is 1. The molecule has 0 saturated carbocycles. The first-order valence-corrected chi connectivity index (χ1v) is 13.0. The molecular formula is C30H18F6N6O3. The van der Waals surface area contributed by atoms with E-state index in [2.05, 4.69) is 15.3 Å². The third kappa shape index (κ3) is 5.23. The second-order valence-electron chi connectivity index (χ2n) is 9.81. The molecule has 0 aliphatic carbocycles. The van der Waals surface area contributed by atoms with Gasteiger partial charge in [-0.05, 0) is 35.9 Å². The smallest absolute Gasteiger partial charge is 0.435 e. The maximum atomic E-state index is 14.5. The summed E-state index contributed by atoms with van der Waals surface area (Å²) in [5.41, 5.74) is -3.04. The van der Waals surface area contributed by atoms with Crippen molar-refractivity contribution in [3.63, 3.8) is 0 Å². The zero-order valence-electron chi connectivity index (χ0n) is 22.9. The molecule has 0 atom stereocenters. The van der Waals surface area contributed by atoms with Gasteiger partial charge in [0.1, 0.15) is 11.1 Å². The van der Waals surface area contributed by atoms with Crippen LogP contribution >= 0.6 is 0 Å². The van der Waals surface area contributed by atoms with Gasteiger partial charge < -0.3 is 14.6 Å². The van der Waals surface area contributed by atoms with Crippen molar-refractivity contribution < 1.29 is 40.7 Å². The first-order valence-electron chi connectivity index (χ1n) is 13.0. The first kappa shape index (κ1) is 29.4. The Morgan fingerprint density at radius 2 is 1.69 bits per heavy atom. The van der Waals surface area contributed by atoms with Crippen molar-refractivity contribution in [2.45, 2.75) is 18.9 Å². The second kappa shape index (κ2) is 10.8. The number of benzene rings is 3. The number of aromatic nitrogens is 5. The minimum absolute atomic E-state index is 0.0524. The number of alkyl halides is 6. The van der Waals surface area contributed by atoms with Crippen LogP contribution in [-0.4, -0.2) is 43.5 Å². The summed E-state index contributed by atoms with van der Waals surface area (Å²) in [5, 5.41) is 13.4. The van der Waals surface area contributed by atoms with Crippen LogP contribution in [0, 0.1) is 0 Å². The van der Waals surface area contributed by atoms with Gasteiger partial charge in [-0.25, -0.2) is 9.48 Å². The molecule has 0 bridgehead atoms. The van der Waals surface area contributed by atoms with Crippen molar-refractivity contribution in [3.8, 4) is 11.4 Å². The van der Waals surface area contributed by atoms with E-state index in [-0.39, 0.29) is 17.6 Å². The Hall–Kier alpha value is -5.69. The summed E-state index contributed by atoms with van der Waals surface area (Å²) < 4.78 is 90.0. The maximum Gasteiger partial charge on any atom is 0.435 e. The van der Waals surface area contributed by atoms with E-state index in [1.54, 1.807) is 34.9 Å². The van der Waals surface area contributed by atoms with Gasteiger partial charge in [0, 0.05) is 22.7 Å². The standard InChI is InChI=1S/C30H18F6N6O3/c1-45-18-7-5-16(6-8-18)14-41-23-10-9-22(19-3-2-4-20(26(19)23)24(41)15-43)42-27(30(34,35)36)21(13-38-42)28(44)39-17-11-25(29(31,32)33)40-37-12-17/h2-13H,14H2,1H3,(H,39,40,44). The average molecular weight is 625 g/mol. The van der Waals surface area contributed by atoms with Crippen LogP contribution in [0.15, 0.2) is 73.1 Å². The molecule has 1 N–H and O–H groups in total. The number of amides is 1. The molecule has 15 heteroatoms. The summed E-state index contributed by atoms with van der Waals surface area (Å²) in [6.07, 6.45) is -8.57. The molecule has 3 aromatic heterocycles. The van der Waals surface area contributed by atoms with Crippen molar-refractivity contribution in [2.75, 3.05) is 12.4 Å². The summed E-state index contributed by atoms with van der Waals surface area (Å²) in [4.78, 5) is 25.1. The van der Waals surface area contributed by atoms with Crippen molar-refractivity contribution in [1.82, 2.24) is 24.5 Å². The highest BCUT2D eigenvalue weighted by molar-refractivity contribution is 6.13.